The molecule has 0 radical (unpaired) electrons. The van der Waals surface area contributed by atoms with Gasteiger partial charge in [0.2, 0.25) is 0 Å². The predicted molar refractivity (Wildman–Crippen MR) is 131 cm³/mol. The molecule has 5 rings (SSSR count). The van der Waals surface area contributed by atoms with Crippen LogP contribution in [-0.2, 0) is 19.1 Å². The van der Waals surface area contributed by atoms with E-state index in [-0.39, 0.29) is 16.1 Å². The Morgan fingerprint density at radius 2 is 1.33 bits per heavy atom. The van der Waals surface area contributed by atoms with Gasteiger partial charge >= 0.3 is 0 Å². The molecule has 1 aliphatic carbocycles. The molecule has 4 aromatic rings. The summed E-state index contributed by atoms with van der Waals surface area (Å²) >= 11 is 6.57. The largest absolute Gasteiger partial charge is 0.288 e. The van der Waals surface area contributed by atoms with E-state index in [2.05, 4.69) is 46.5 Å². The molecule has 176 valence electrons. The fourth-order valence-electron chi connectivity index (χ4n) is 3.57. The number of nitrogens with one attached hydrogen (secondary N) is 1. The number of imidazole rings is 2. The van der Waals surface area contributed by atoms with Crippen molar-refractivity contribution in [1.29, 1.82) is 0 Å². The van der Waals surface area contributed by atoms with E-state index in [1.807, 2.05) is 6.07 Å². The summed E-state index contributed by atoms with van der Waals surface area (Å²) in [4.78, 5) is 8.03. The zero-order valence-electron chi connectivity index (χ0n) is 16.9. The number of hydrogen-bond acceptors (Lipinski definition) is 6. The van der Waals surface area contributed by atoms with Crippen LogP contribution in [-0.4, -0.2) is 41.6 Å². The minimum atomic E-state index is -3.75. The first-order chi connectivity index (χ1) is 15.5. The molecule has 1 fully saturated rings. The molecule has 0 saturated heterocycles. The van der Waals surface area contributed by atoms with Crippen LogP contribution < -0.4 is 4.72 Å². The Morgan fingerprint density at radius 3 is 1.85 bits per heavy atom. The summed E-state index contributed by atoms with van der Waals surface area (Å²) in [7, 11) is -2.04. The summed E-state index contributed by atoms with van der Waals surface area (Å²) in [5, 5.41) is 0.158. The normalized spacial score (nSPS) is 15.1. The average molecular weight is 640 g/mol. The van der Waals surface area contributed by atoms with Gasteiger partial charge in [-0.2, -0.15) is 0 Å². The van der Waals surface area contributed by atoms with Crippen LogP contribution in [0.15, 0.2) is 68.1 Å². The van der Waals surface area contributed by atoms with Crippen molar-refractivity contribution in [2.45, 2.75) is 41.8 Å². The third kappa shape index (κ3) is 5.60. The van der Waals surface area contributed by atoms with Crippen LogP contribution in [0.4, 0.5) is 0 Å². The van der Waals surface area contributed by atoms with E-state index in [0.717, 1.165) is 34.6 Å². The summed E-state index contributed by atoms with van der Waals surface area (Å²) in [6.07, 6.45) is 9.95. The second kappa shape index (κ2) is 9.62. The summed E-state index contributed by atoms with van der Waals surface area (Å²) in [5.74, 6) is 0. The Balaban J connectivity index is 0.000000165. The van der Waals surface area contributed by atoms with E-state index in [1.165, 1.54) is 16.8 Å². The van der Waals surface area contributed by atoms with E-state index in [1.54, 1.807) is 35.0 Å². The van der Waals surface area contributed by atoms with Gasteiger partial charge in [-0.1, -0.05) is 12.8 Å². The van der Waals surface area contributed by atoms with Gasteiger partial charge in [-0.25, -0.2) is 31.5 Å². The fourth-order valence-corrected chi connectivity index (χ4v) is 6.54. The monoisotopic (exact) mass is 637 g/mol. The van der Waals surface area contributed by atoms with E-state index < -0.39 is 19.1 Å². The lowest BCUT2D eigenvalue weighted by atomic mass is 10.3. The quantitative estimate of drug-likeness (QED) is 0.333. The summed E-state index contributed by atoms with van der Waals surface area (Å²) in [6, 6.07) is 7.13. The molecular formula is C19H18Br2ClN5O4S2. The molecule has 1 N–H and O–H groups in total. The lowest BCUT2D eigenvalue weighted by Crippen LogP contribution is -2.33. The number of halogens is 3. The minimum Gasteiger partial charge on any atom is -0.288 e. The van der Waals surface area contributed by atoms with Crippen molar-refractivity contribution in [3.05, 3.63) is 58.0 Å². The van der Waals surface area contributed by atoms with Crippen LogP contribution >= 0.6 is 42.5 Å². The van der Waals surface area contributed by atoms with Gasteiger partial charge in [0.15, 0.2) is 10.1 Å². The number of rotatable bonds is 4. The number of nitrogens with zero attached hydrogens (tertiary/aromatic N) is 4. The fraction of sp³-hybridized carbons (Fsp3) is 0.263. The number of sulfonamides is 1. The molecule has 4 heterocycles. The molecule has 0 aliphatic heterocycles. The number of aromatic nitrogens is 4. The van der Waals surface area contributed by atoms with Crippen molar-refractivity contribution >= 4 is 72.9 Å². The summed E-state index contributed by atoms with van der Waals surface area (Å²) < 4.78 is 54.3. The van der Waals surface area contributed by atoms with Crippen LogP contribution in [0.5, 0.6) is 0 Å². The van der Waals surface area contributed by atoms with Crippen LogP contribution in [0.25, 0.3) is 11.3 Å². The van der Waals surface area contributed by atoms with Crippen molar-refractivity contribution in [1.82, 2.24) is 23.5 Å². The lowest BCUT2D eigenvalue weighted by molar-refractivity contribution is 0.548. The molecule has 1 aliphatic rings. The molecule has 0 unspecified atom stereocenters. The minimum absolute atomic E-state index is 0.0320. The molecule has 1 saturated carbocycles. The Kier molecular flexibility index (Phi) is 7.18. The molecule has 0 bridgehead atoms. The van der Waals surface area contributed by atoms with Gasteiger partial charge in [-0.3, -0.25) is 8.80 Å². The van der Waals surface area contributed by atoms with Crippen molar-refractivity contribution in [2.75, 3.05) is 0 Å². The maximum absolute atomic E-state index is 12.4. The molecule has 9 nitrogen and oxygen atoms in total. The topological polar surface area (TPSA) is 115 Å². The van der Waals surface area contributed by atoms with E-state index in [4.69, 9.17) is 10.7 Å². The molecule has 14 heteroatoms. The smallest absolute Gasteiger partial charge is 0.278 e. The zero-order valence-corrected chi connectivity index (χ0v) is 22.5. The number of pyridine rings is 2. The maximum Gasteiger partial charge on any atom is 0.278 e. The van der Waals surface area contributed by atoms with E-state index in [0.29, 0.717) is 11.3 Å². The van der Waals surface area contributed by atoms with Crippen molar-refractivity contribution in [3.63, 3.8) is 0 Å². The highest BCUT2D eigenvalue weighted by Crippen LogP contribution is 2.22. The predicted octanol–water partition coefficient (Wildman–Crippen LogP) is 4.34. The Hall–Kier alpha value is -1.51. The zero-order chi connectivity index (χ0) is 23.8. The second-order valence-corrected chi connectivity index (χ2v) is 13.4. The first kappa shape index (κ1) is 24.6. The molecule has 0 amide bonds. The molecular weight excluding hydrogens is 622 g/mol. The molecule has 0 atom stereocenters. The van der Waals surface area contributed by atoms with Gasteiger partial charge in [0.05, 0.1) is 12.4 Å². The Bertz CT molecular complexity index is 1530. The van der Waals surface area contributed by atoms with Gasteiger partial charge in [0, 0.05) is 38.1 Å². The SMILES string of the molecule is O=S(=O)(Cl)c1cnc2ccc(Br)cn12.O=S(=O)(NC1CCCC1)c1cnc2ccc(Br)cn12. The van der Waals surface area contributed by atoms with Crippen molar-refractivity contribution in [3.8, 4) is 0 Å². The summed E-state index contributed by atoms with van der Waals surface area (Å²) in [5.41, 5.74) is 1.16. The first-order valence-electron chi connectivity index (χ1n) is 9.77. The Morgan fingerprint density at radius 1 is 0.848 bits per heavy atom. The highest BCUT2D eigenvalue weighted by atomic mass is 79.9. The van der Waals surface area contributed by atoms with Gasteiger partial charge in [-0.05, 0) is 69.0 Å². The maximum atomic E-state index is 12.4. The summed E-state index contributed by atoms with van der Waals surface area (Å²) in [6.45, 7) is 0. The lowest BCUT2D eigenvalue weighted by Gasteiger charge is -2.12. The van der Waals surface area contributed by atoms with Gasteiger partial charge in [0.25, 0.3) is 19.1 Å². The van der Waals surface area contributed by atoms with Gasteiger partial charge < -0.3 is 0 Å². The van der Waals surface area contributed by atoms with Crippen LogP contribution in [0.2, 0.25) is 0 Å². The van der Waals surface area contributed by atoms with E-state index in [9.17, 15) is 16.8 Å². The second-order valence-electron chi connectivity index (χ2n) is 7.38. The third-order valence-electron chi connectivity index (χ3n) is 5.07. The van der Waals surface area contributed by atoms with E-state index >= 15 is 0 Å². The van der Waals surface area contributed by atoms with Crippen LogP contribution in [0, 0.1) is 0 Å². The highest BCUT2D eigenvalue weighted by Gasteiger charge is 2.25. The Labute approximate surface area is 211 Å². The van der Waals surface area contributed by atoms with Crippen molar-refractivity contribution in [2.24, 2.45) is 0 Å². The third-order valence-corrected chi connectivity index (χ3v) is 8.78. The average Bonchev–Trinajstić information content (AvgIpc) is 3.46. The molecule has 33 heavy (non-hydrogen) atoms. The molecule has 4 aromatic heterocycles. The highest BCUT2D eigenvalue weighted by molar-refractivity contribution is 9.10. The molecule has 0 spiro atoms. The standard InChI is InChI=1S/C12H14BrN3O2S.C7H4BrClN2O2S/c13-9-5-6-11-14-7-12(16(11)8-9)19(17,18)15-10-3-1-2-4-10;8-5-1-2-6-10-3-7(11(6)4-5)14(9,12)13/h5-8,10,15H,1-4H2;1-4H. The van der Waals surface area contributed by atoms with Gasteiger partial charge in [0.1, 0.15) is 11.3 Å². The number of hydrogen-bond donors (Lipinski definition) is 1. The first-order valence-corrected chi connectivity index (χ1v) is 15.1. The van der Waals surface area contributed by atoms with Gasteiger partial charge in [-0.15, -0.1) is 0 Å². The molecule has 0 aromatic carbocycles. The van der Waals surface area contributed by atoms with Crippen LogP contribution in [0.3, 0.4) is 0 Å². The number of fused-ring (bicyclic) bond motifs is 2. The van der Waals surface area contributed by atoms with Crippen molar-refractivity contribution < 1.29 is 16.8 Å². The van der Waals surface area contributed by atoms with Crippen LogP contribution in [0.1, 0.15) is 25.7 Å².